The summed E-state index contributed by atoms with van der Waals surface area (Å²) >= 11 is 0. The minimum Gasteiger partial charge on any atom is -0.508 e. The van der Waals surface area contributed by atoms with E-state index in [-0.39, 0.29) is 5.75 Å². The molecular weight excluding hydrogens is 194 g/mol. The lowest BCUT2D eigenvalue weighted by Crippen LogP contribution is -2.26. The second-order valence-corrected chi connectivity index (χ2v) is 3.66. The van der Waals surface area contributed by atoms with Gasteiger partial charge in [0.25, 0.3) is 0 Å². The Balaban J connectivity index is 3.00. The lowest BCUT2D eigenvalue weighted by Gasteiger charge is -2.16. The number of carboxylic acids is 1. The second kappa shape index (κ2) is 4.21. The molecule has 0 aliphatic rings. The van der Waals surface area contributed by atoms with Crippen LogP contribution in [-0.4, -0.2) is 22.2 Å². The minimum atomic E-state index is -0.901. The number of benzene rings is 1. The van der Waals surface area contributed by atoms with Gasteiger partial charge in [-0.15, -0.1) is 0 Å². The maximum absolute atomic E-state index is 10.7. The fourth-order valence-corrected chi connectivity index (χ4v) is 1.45. The molecule has 1 atom stereocenters. The van der Waals surface area contributed by atoms with Crippen molar-refractivity contribution in [1.82, 2.24) is 0 Å². The standard InChI is InChI=1S/C11H15NO3/c1-6-4-9(13)5-7(2)10(6)12-8(3)11(14)15/h4-5,8,12-13H,1-3H3,(H,14,15). The molecule has 1 aromatic carbocycles. The van der Waals surface area contributed by atoms with E-state index >= 15 is 0 Å². The molecule has 1 unspecified atom stereocenters. The van der Waals surface area contributed by atoms with Gasteiger partial charge in [-0.25, -0.2) is 0 Å². The normalized spacial score (nSPS) is 12.2. The maximum atomic E-state index is 10.7. The van der Waals surface area contributed by atoms with E-state index in [1.807, 2.05) is 13.8 Å². The van der Waals surface area contributed by atoms with Crippen LogP contribution in [0, 0.1) is 13.8 Å². The first-order valence-electron chi connectivity index (χ1n) is 4.71. The Hall–Kier alpha value is -1.71. The van der Waals surface area contributed by atoms with Crippen molar-refractivity contribution in [2.24, 2.45) is 0 Å². The molecule has 82 valence electrons. The molecule has 3 N–H and O–H groups in total. The van der Waals surface area contributed by atoms with Crippen LogP contribution < -0.4 is 5.32 Å². The molecule has 0 bridgehead atoms. The fourth-order valence-electron chi connectivity index (χ4n) is 1.45. The molecule has 0 aliphatic carbocycles. The number of phenols is 1. The van der Waals surface area contributed by atoms with Crippen molar-refractivity contribution in [2.45, 2.75) is 26.8 Å². The van der Waals surface area contributed by atoms with E-state index in [1.54, 1.807) is 19.1 Å². The van der Waals surface area contributed by atoms with Crippen molar-refractivity contribution in [1.29, 1.82) is 0 Å². The average Bonchev–Trinajstić information content (AvgIpc) is 2.10. The lowest BCUT2D eigenvalue weighted by molar-refractivity contribution is -0.137. The zero-order chi connectivity index (χ0) is 11.6. The van der Waals surface area contributed by atoms with E-state index in [0.29, 0.717) is 0 Å². The highest BCUT2D eigenvalue weighted by atomic mass is 16.4. The lowest BCUT2D eigenvalue weighted by atomic mass is 10.1. The first-order valence-corrected chi connectivity index (χ1v) is 4.71. The van der Waals surface area contributed by atoms with Gasteiger partial charge in [-0.1, -0.05) is 0 Å². The van der Waals surface area contributed by atoms with Crippen molar-refractivity contribution >= 4 is 11.7 Å². The Morgan fingerprint density at radius 1 is 1.33 bits per heavy atom. The van der Waals surface area contributed by atoms with Gasteiger partial charge in [-0.05, 0) is 44.0 Å². The summed E-state index contributed by atoms with van der Waals surface area (Å²) in [6.45, 7) is 5.22. The maximum Gasteiger partial charge on any atom is 0.325 e. The van der Waals surface area contributed by atoms with E-state index < -0.39 is 12.0 Å². The van der Waals surface area contributed by atoms with Gasteiger partial charge in [0, 0.05) is 5.69 Å². The predicted molar refractivity (Wildman–Crippen MR) is 58.3 cm³/mol. The third-order valence-electron chi connectivity index (χ3n) is 2.25. The van der Waals surface area contributed by atoms with E-state index in [4.69, 9.17) is 5.11 Å². The van der Waals surface area contributed by atoms with Crippen LogP contribution >= 0.6 is 0 Å². The zero-order valence-corrected chi connectivity index (χ0v) is 9.03. The molecule has 0 radical (unpaired) electrons. The predicted octanol–water partition coefficient (Wildman–Crippen LogP) is 1.89. The van der Waals surface area contributed by atoms with Crippen molar-refractivity contribution in [2.75, 3.05) is 5.32 Å². The zero-order valence-electron chi connectivity index (χ0n) is 9.03. The number of aliphatic carboxylic acids is 1. The summed E-state index contributed by atoms with van der Waals surface area (Å²) in [7, 11) is 0. The van der Waals surface area contributed by atoms with Crippen molar-refractivity contribution in [3.63, 3.8) is 0 Å². The molecule has 4 nitrogen and oxygen atoms in total. The summed E-state index contributed by atoms with van der Waals surface area (Å²) in [6.07, 6.45) is 0. The van der Waals surface area contributed by atoms with Gasteiger partial charge < -0.3 is 15.5 Å². The van der Waals surface area contributed by atoms with Gasteiger partial charge in [-0.2, -0.15) is 0 Å². The molecule has 0 aliphatic heterocycles. The number of phenolic OH excluding ortho intramolecular Hbond substituents is 1. The van der Waals surface area contributed by atoms with Crippen LogP contribution in [-0.2, 0) is 4.79 Å². The highest BCUT2D eigenvalue weighted by Crippen LogP contribution is 2.25. The van der Waals surface area contributed by atoms with E-state index in [0.717, 1.165) is 16.8 Å². The molecule has 1 rings (SSSR count). The Morgan fingerprint density at radius 3 is 2.20 bits per heavy atom. The molecule has 0 fully saturated rings. The van der Waals surface area contributed by atoms with Crippen LogP contribution in [0.4, 0.5) is 5.69 Å². The van der Waals surface area contributed by atoms with Gasteiger partial charge in [0.1, 0.15) is 11.8 Å². The van der Waals surface area contributed by atoms with Crippen LogP contribution in [0.1, 0.15) is 18.1 Å². The van der Waals surface area contributed by atoms with E-state index in [1.165, 1.54) is 0 Å². The fraction of sp³-hybridized carbons (Fsp3) is 0.364. The highest BCUT2D eigenvalue weighted by Gasteiger charge is 2.13. The molecular formula is C11H15NO3. The number of hydrogen-bond donors (Lipinski definition) is 3. The van der Waals surface area contributed by atoms with E-state index in [9.17, 15) is 9.90 Å². The number of carbonyl (C=O) groups is 1. The summed E-state index contributed by atoms with van der Waals surface area (Å²) < 4.78 is 0. The van der Waals surface area contributed by atoms with Gasteiger partial charge in [-0.3, -0.25) is 4.79 Å². The monoisotopic (exact) mass is 209 g/mol. The SMILES string of the molecule is Cc1cc(O)cc(C)c1NC(C)C(=O)O. The van der Waals surface area contributed by atoms with Crippen LogP contribution in [0.2, 0.25) is 0 Å². The molecule has 0 saturated heterocycles. The van der Waals surface area contributed by atoms with Gasteiger partial charge in [0.2, 0.25) is 0 Å². The van der Waals surface area contributed by atoms with Gasteiger partial charge in [0.05, 0.1) is 0 Å². The number of rotatable bonds is 3. The van der Waals surface area contributed by atoms with Crippen LogP contribution in [0.5, 0.6) is 5.75 Å². The molecule has 0 saturated carbocycles. The molecule has 1 aromatic rings. The van der Waals surface area contributed by atoms with Crippen LogP contribution in [0.3, 0.4) is 0 Å². The number of nitrogens with one attached hydrogen (secondary N) is 1. The molecule has 4 heteroatoms. The van der Waals surface area contributed by atoms with Crippen LogP contribution in [0.15, 0.2) is 12.1 Å². The van der Waals surface area contributed by atoms with Crippen molar-refractivity contribution in [3.8, 4) is 5.75 Å². The first-order chi connectivity index (χ1) is 6.91. The molecule has 0 aromatic heterocycles. The van der Waals surface area contributed by atoms with Crippen LogP contribution in [0.25, 0.3) is 0 Å². The number of aryl methyl sites for hydroxylation is 2. The number of aromatic hydroxyl groups is 1. The largest absolute Gasteiger partial charge is 0.508 e. The Kier molecular flexibility index (Phi) is 3.19. The highest BCUT2D eigenvalue weighted by molar-refractivity contribution is 5.78. The topological polar surface area (TPSA) is 69.6 Å². The minimum absolute atomic E-state index is 0.193. The first kappa shape index (κ1) is 11.4. The Bertz CT molecular complexity index is 364. The summed E-state index contributed by atoms with van der Waals surface area (Å²) in [5.74, 6) is -0.708. The summed E-state index contributed by atoms with van der Waals surface area (Å²) in [4.78, 5) is 10.7. The van der Waals surface area contributed by atoms with Gasteiger partial charge >= 0.3 is 5.97 Å². The van der Waals surface area contributed by atoms with Crippen molar-refractivity contribution in [3.05, 3.63) is 23.3 Å². The molecule has 15 heavy (non-hydrogen) atoms. The molecule has 0 heterocycles. The summed E-state index contributed by atoms with van der Waals surface area (Å²) in [6, 6.07) is 2.56. The number of anilines is 1. The molecule has 0 amide bonds. The average molecular weight is 209 g/mol. The second-order valence-electron chi connectivity index (χ2n) is 3.66. The molecule has 0 spiro atoms. The third-order valence-corrected chi connectivity index (χ3v) is 2.25. The summed E-state index contributed by atoms with van der Waals surface area (Å²) in [5.41, 5.74) is 2.43. The number of hydrogen-bond acceptors (Lipinski definition) is 3. The Labute approximate surface area is 88.6 Å². The van der Waals surface area contributed by atoms with Crippen molar-refractivity contribution < 1.29 is 15.0 Å². The summed E-state index contributed by atoms with van der Waals surface area (Å²) in [5, 5.41) is 21.0. The van der Waals surface area contributed by atoms with Gasteiger partial charge in [0.15, 0.2) is 0 Å². The third kappa shape index (κ3) is 2.62. The smallest absolute Gasteiger partial charge is 0.325 e. The Morgan fingerprint density at radius 2 is 1.80 bits per heavy atom. The quantitative estimate of drug-likeness (QED) is 0.665. The van der Waals surface area contributed by atoms with E-state index in [2.05, 4.69) is 5.32 Å². The number of carboxylic acid groups (broad SMARTS) is 1.